The van der Waals surface area contributed by atoms with Gasteiger partial charge in [-0.25, -0.2) is 0 Å². The molecule has 1 aliphatic heterocycles. The average molecular weight is 198 g/mol. The van der Waals surface area contributed by atoms with Crippen LogP contribution in [0.1, 0.15) is 39.5 Å². The van der Waals surface area contributed by atoms with Crippen LogP contribution < -0.4 is 5.32 Å². The summed E-state index contributed by atoms with van der Waals surface area (Å²) in [5.74, 6) is 0.188. The van der Waals surface area contributed by atoms with Crippen molar-refractivity contribution in [2.24, 2.45) is 0 Å². The molecule has 3 nitrogen and oxygen atoms in total. The first kappa shape index (κ1) is 11.5. The zero-order chi connectivity index (χ0) is 10.4. The Morgan fingerprint density at radius 3 is 2.86 bits per heavy atom. The monoisotopic (exact) mass is 198 g/mol. The fourth-order valence-corrected chi connectivity index (χ4v) is 1.96. The van der Waals surface area contributed by atoms with E-state index in [1.54, 1.807) is 0 Å². The molecule has 1 unspecified atom stereocenters. The van der Waals surface area contributed by atoms with Crippen molar-refractivity contribution in [2.75, 3.05) is 19.6 Å². The molecular formula is C11H22N2O. The molecule has 0 bridgehead atoms. The van der Waals surface area contributed by atoms with Gasteiger partial charge in [-0.05, 0) is 25.9 Å². The van der Waals surface area contributed by atoms with Crippen molar-refractivity contribution in [1.29, 1.82) is 0 Å². The van der Waals surface area contributed by atoms with Crippen LogP contribution in [0.25, 0.3) is 0 Å². The number of likely N-dealkylation sites (N-methyl/N-ethyl adjacent to an activating group) is 1. The molecule has 1 atom stereocenters. The van der Waals surface area contributed by atoms with E-state index >= 15 is 0 Å². The van der Waals surface area contributed by atoms with Crippen LogP contribution in [-0.4, -0.2) is 36.5 Å². The minimum Gasteiger partial charge on any atom is -0.352 e. The van der Waals surface area contributed by atoms with E-state index in [2.05, 4.69) is 17.1 Å². The second-order valence-electron chi connectivity index (χ2n) is 4.01. The number of carbonyl (C=O) groups excluding carboxylic acids is 1. The number of hydrogen-bond acceptors (Lipinski definition) is 2. The standard InChI is InChI=1S/C11H22N2O/c1-3-11(14)12-10-7-5-6-8-13(4-2)9-10/h10H,3-9H2,1-2H3,(H,12,14). The highest BCUT2D eigenvalue weighted by molar-refractivity contribution is 5.75. The second-order valence-corrected chi connectivity index (χ2v) is 4.01. The van der Waals surface area contributed by atoms with Gasteiger partial charge in [-0.15, -0.1) is 0 Å². The summed E-state index contributed by atoms with van der Waals surface area (Å²) in [6.07, 6.45) is 4.25. The van der Waals surface area contributed by atoms with Gasteiger partial charge < -0.3 is 10.2 Å². The molecule has 0 aromatic rings. The molecule has 1 N–H and O–H groups in total. The summed E-state index contributed by atoms with van der Waals surface area (Å²) in [5, 5.41) is 3.09. The smallest absolute Gasteiger partial charge is 0.219 e. The Morgan fingerprint density at radius 2 is 2.21 bits per heavy atom. The Hall–Kier alpha value is -0.570. The third-order valence-electron chi connectivity index (χ3n) is 2.89. The van der Waals surface area contributed by atoms with E-state index in [4.69, 9.17) is 0 Å². The molecule has 1 amide bonds. The highest BCUT2D eigenvalue weighted by Gasteiger charge is 2.17. The van der Waals surface area contributed by atoms with Gasteiger partial charge in [0.05, 0.1) is 0 Å². The normalized spacial score (nSPS) is 24.3. The molecule has 0 aliphatic carbocycles. The fourth-order valence-electron chi connectivity index (χ4n) is 1.96. The van der Waals surface area contributed by atoms with Crippen LogP contribution in [0.3, 0.4) is 0 Å². The molecule has 1 fully saturated rings. The Bertz CT molecular complexity index is 182. The number of rotatable bonds is 3. The van der Waals surface area contributed by atoms with Gasteiger partial charge in [0.1, 0.15) is 0 Å². The van der Waals surface area contributed by atoms with Crippen LogP contribution in [0.15, 0.2) is 0 Å². The maximum Gasteiger partial charge on any atom is 0.219 e. The maximum absolute atomic E-state index is 11.3. The van der Waals surface area contributed by atoms with Gasteiger partial charge in [0.25, 0.3) is 0 Å². The van der Waals surface area contributed by atoms with E-state index in [1.807, 2.05) is 6.92 Å². The average Bonchev–Trinajstić information content (AvgIpc) is 2.42. The van der Waals surface area contributed by atoms with E-state index in [0.29, 0.717) is 12.5 Å². The molecule has 1 saturated heterocycles. The highest BCUT2D eigenvalue weighted by Crippen LogP contribution is 2.10. The Labute approximate surface area is 86.9 Å². The summed E-state index contributed by atoms with van der Waals surface area (Å²) < 4.78 is 0. The van der Waals surface area contributed by atoms with E-state index in [9.17, 15) is 4.79 Å². The lowest BCUT2D eigenvalue weighted by Crippen LogP contribution is -2.42. The van der Waals surface area contributed by atoms with Gasteiger partial charge in [0.2, 0.25) is 5.91 Å². The van der Waals surface area contributed by atoms with E-state index in [-0.39, 0.29) is 5.91 Å². The summed E-state index contributed by atoms with van der Waals surface area (Å²) in [7, 11) is 0. The Morgan fingerprint density at radius 1 is 1.43 bits per heavy atom. The van der Waals surface area contributed by atoms with Crippen molar-refractivity contribution in [3.05, 3.63) is 0 Å². The van der Waals surface area contributed by atoms with E-state index in [0.717, 1.165) is 19.5 Å². The molecule has 0 spiro atoms. The molecule has 1 aliphatic rings. The Kier molecular flexibility index (Phi) is 4.94. The second kappa shape index (κ2) is 6.02. The quantitative estimate of drug-likeness (QED) is 0.743. The molecule has 0 aromatic carbocycles. The molecular weight excluding hydrogens is 176 g/mol. The summed E-state index contributed by atoms with van der Waals surface area (Å²) in [6, 6.07) is 0.380. The number of hydrogen-bond donors (Lipinski definition) is 1. The third-order valence-corrected chi connectivity index (χ3v) is 2.89. The largest absolute Gasteiger partial charge is 0.352 e. The van der Waals surface area contributed by atoms with Crippen molar-refractivity contribution in [3.63, 3.8) is 0 Å². The summed E-state index contributed by atoms with van der Waals surface area (Å²) in [4.78, 5) is 13.7. The zero-order valence-electron chi connectivity index (χ0n) is 9.38. The number of carbonyl (C=O) groups is 1. The fraction of sp³-hybridized carbons (Fsp3) is 0.909. The number of amides is 1. The first-order chi connectivity index (χ1) is 6.76. The van der Waals surface area contributed by atoms with Crippen LogP contribution in [-0.2, 0) is 4.79 Å². The number of likely N-dealkylation sites (tertiary alicyclic amines) is 1. The number of nitrogens with one attached hydrogen (secondary N) is 1. The van der Waals surface area contributed by atoms with Gasteiger partial charge in [0, 0.05) is 19.0 Å². The maximum atomic E-state index is 11.3. The topological polar surface area (TPSA) is 32.3 Å². The van der Waals surface area contributed by atoms with E-state index < -0.39 is 0 Å². The summed E-state index contributed by atoms with van der Waals surface area (Å²) in [6.45, 7) is 7.41. The van der Waals surface area contributed by atoms with Gasteiger partial charge in [0.15, 0.2) is 0 Å². The van der Waals surface area contributed by atoms with E-state index in [1.165, 1.54) is 19.4 Å². The summed E-state index contributed by atoms with van der Waals surface area (Å²) in [5.41, 5.74) is 0. The first-order valence-electron chi connectivity index (χ1n) is 5.78. The van der Waals surface area contributed by atoms with Crippen molar-refractivity contribution in [2.45, 2.75) is 45.6 Å². The molecule has 0 saturated carbocycles. The molecule has 1 heterocycles. The predicted molar refractivity (Wildman–Crippen MR) is 58.2 cm³/mol. The van der Waals surface area contributed by atoms with Gasteiger partial charge in [-0.1, -0.05) is 20.3 Å². The van der Waals surface area contributed by atoms with Gasteiger partial charge in [-0.3, -0.25) is 4.79 Å². The van der Waals surface area contributed by atoms with Crippen LogP contribution in [0, 0.1) is 0 Å². The third kappa shape index (κ3) is 3.66. The van der Waals surface area contributed by atoms with Crippen molar-refractivity contribution in [3.8, 4) is 0 Å². The lowest BCUT2D eigenvalue weighted by atomic mass is 10.1. The van der Waals surface area contributed by atoms with Crippen LogP contribution in [0.2, 0.25) is 0 Å². The molecule has 1 rings (SSSR count). The van der Waals surface area contributed by atoms with Crippen LogP contribution >= 0.6 is 0 Å². The van der Waals surface area contributed by atoms with Crippen molar-refractivity contribution in [1.82, 2.24) is 10.2 Å². The zero-order valence-corrected chi connectivity index (χ0v) is 9.38. The molecule has 14 heavy (non-hydrogen) atoms. The lowest BCUT2D eigenvalue weighted by molar-refractivity contribution is -0.121. The summed E-state index contributed by atoms with van der Waals surface area (Å²) >= 11 is 0. The molecule has 82 valence electrons. The van der Waals surface area contributed by atoms with Gasteiger partial charge in [-0.2, -0.15) is 0 Å². The first-order valence-corrected chi connectivity index (χ1v) is 5.78. The molecule has 0 aromatic heterocycles. The molecule has 0 radical (unpaired) electrons. The van der Waals surface area contributed by atoms with Crippen molar-refractivity contribution < 1.29 is 4.79 Å². The number of nitrogens with zero attached hydrogens (tertiary/aromatic N) is 1. The highest BCUT2D eigenvalue weighted by atomic mass is 16.1. The van der Waals surface area contributed by atoms with Crippen LogP contribution in [0.5, 0.6) is 0 Å². The van der Waals surface area contributed by atoms with Gasteiger partial charge >= 0.3 is 0 Å². The van der Waals surface area contributed by atoms with Crippen molar-refractivity contribution >= 4 is 5.91 Å². The lowest BCUT2D eigenvalue weighted by Gasteiger charge is -2.23. The SMILES string of the molecule is CCC(=O)NC1CCCCN(CC)C1. The predicted octanol–water partition coefficient (Wildman–Crippen LogP) is 1.39. The minimum absolute atomic E-state index is 0.188. The van der Waals surface area contributed by atoms with Crippen LogP contribution in [0.4, 0.5) is 0 Å². The minimum atomic E-state index is 0.188. The molecule has 3 heteroatoms. The Balaban J connectivity index is 2.38.